The lowest BCUT2D eigenvalue weighted by Gasteiger charge is -2.20. The Bertz CT molecular complexity index is 764. The Morgan fingerprint density at radius 3 is 2.64 bits per heavy atom. The predicted molar refractivity (Wildman–Crippen MR) is 108 cm³/mol. The van der Waals surface area contributed by atoms with Crippen LogP contribution in [0, 0.1) is 0 Å². The van der Waals surface area contributed by atoms with Crippen molar-refractivity contribution in [3.63, 3.8) is 0 Å². The van der Waals surface area contributed by atoms with Crippen LogP contribution in [-0.4, -0.2) is 42.3 Å². The van der Waals surface area contributed by atoms with Gasteiger partial charge in [-0.3, -0.25) is 4.79 Å². The van der Waals surface area contributed by atoms with Crippen molar-refractivity contribution in [1.82, 2.24) is 15.4 Å². The summed E-state index contributed by atoms with van der Waals surface area (Å²) in [5, 5.41) is 4.80. The second-order valence-electron chi connectivity index (χ2n) is 6.90. The van der Waals surface area contributed by atoms with Crippen LogP contribution in [0.3, 0.4) is 0 Å². The fourth-order valence-corrected chi connectivity index (χ4v) is 3.06. The van der Waals surface area contributed by atoms with Gasteiger partial charge in [0.05, 0.1) is 31.1 Å². The Morgan fingerprint density at radius 2 is 2.00 bits per heavy atom. The van der Waals surface area contributed by atoms with E-state index in [1.165, 1.54) is 6.92 Å². The zero-order valence-corrected chi connectivity index (χ0v) is 16.7. The largest absolute Gasteiger partial charge is 0.478 e. The van der Waals surface area contributed by atoms with Gasteiger partial charge >= 0.3 is 0 Å². The van der Waals surface area contributed by atoms with Gasteiger partial charge in [-0.2, -0.15) is 0 Å². The average Bonchev–Trinajstić information content (AvgIpc) is 3.15. The van der Waals surface area contributed by atoms with Crippen molar-refractivity contribution in [3.8, 4) is 11.6 Å². The van der Waals surface area contributed by atoms with Gasteiger partial charge in [-0.25, -0.2) is 4.98 Å². The Balaban J connectivity index is 1.52. The smallest absolute Gasteiger partial charge is 0.217 e. The number of amides is 1. The van der Waals surface area contributed by atoms with Gasteiger partial charge in [0.25, 0.3) is 0 Å². The summed E-state index contributed by atoms with van der Waals surface area (Å²) in [5.74, 6) is 1.40. The monoisotopic (exact) mass is 384 g/mol. The maximum absolute atomic E-state index is 11.2. The number of hydrogen-bond acceptors (Lipinski definition) is 6. The van der Waals surface area contributed by atoms with Gasteiger partial charge in [0.1, 0.15) is 12.4 Å². The lowest BCUT2D eigenvalue weighted by Crippen LogP contribution is -2.28. The number of benzene rings is 1. The molecule has 2 heterocycles. The van der Waals surface area contributed by atoms with Gasteiger partial charge in [-0.1, -0.05) is 19.1 Å². The molecule has 0 spiro atoms. The molecule has 1 amide bonds. The molecule has 3 rings (SSSR count). The number of carbonyl (C=O) groups is 1. The first-order valence-corrected chi connectivity index (χ1v) is 9.69. The third kappa shape index (κ3) is 5.36. The Morgan fingerprint density at radius 1 is 1.21 bits per heavy atom. The summed E-state index contributed by atoms with van der Waals surface area (Å²) in [6.45, 7) is 8.58. The Kier molecular flexibility index (Phi) is 6.71. The number of nitrogens with zero attached hydrogens (tertiary/aromatic N) is 3. The van der Waals surface area contributed by atoms with E-state index in [1.54, 1.807) is 0 Å². The molecule has 1 aliphatic rings. The molecule has 0 saturated carbocycles. The lowest BCUT2D eigenvalue weighted by molar-refractivity contribution is -0.119. The van der Waals surface area contributed by atoms with E-state index in [0.29, 0.717) is 19.2 Å². The van der Waals surface area contributed by atoms with E-state index in [4.69, 9.17) is 9.57 Å². The highest BCUT2D eigenvalue weighted by atomic mass is 16.7. The highest BCUT2D eigenvalue weighted by molar-refractivity contribution is 5.73. The van der Waals surface area contributed by atoms with Crippen LogP contribution in [0.25, 0.3) is 0 Å². The van der Waals surface area contributed by atoms with Gasteiger partial charge in [0, 0.05) is 19.5 Å². The normalized spacial score (nSPS) is 15.3. The van der Waals surface area contributed by atoms with Crippen LogP contribution in [-0.2, 0) is 4.79 Å². The first-order chi connectivity index (χ1) is 13.5. The molecule has 1 fully saturated rings. The standard InChI is InChI=1S/C21H28N4O3/c1-4-13-27-21-10-7-19(14-22-21)24-11-12-25(15-24)28-20-8-5-18(6-9-20)16(2)23-17(3)26/h5-10,14,16H,4,11-13,15H2,1-3H3,(H,23,26)/t16-/m0/s1. The zero-order valence-electron chi connectivity index (χ0n) is 16.7. The predicted octanol–water partition coefficient (Wildman–Crippen LogP) is 3.14. The molecule has 1 saturated heterocycles. The van der Waals surface area contributed by atoms with Gasteiger partial charge < -0.3 is 19.8 Å². The number of rotatable bonds is 8. The van der Waals surface area contributed by atoms with E-state index in [1.807, 2.05) is 54.6 Å². The highest BCUT2D eigenvalue weighted by Crippen LogP contribution is 2.22. The summed E-state index contributed by atoms with van der Waals surface area (Å²) < 4.78 is 5.53. The van der Waals surface area contributed by atoms with Crippen LogP contribution in [0.15, 0.2) is 42.6 Å². The summed E-state index contributed by atoms with van der Waals surface area (Å²) in [6, 6.07) is 11.7. The van der Waals surface area contributed by atoms with E-state index < -0.39 is 0 Å². The fourth-order valence-electron chi connectivity index (χ4n) is 3.06. The number of aromatic nitrogens is 1. The van der Waals surface area contributed by atoms with Crippen molar-refractivity contribution in [2.45, 2.75) is 33.2 Å². The average molecular weight is 384 g/mol. The second kappa shape index (κ2) is 9.41. The van der Waals surface area contributed by atoms with Crippen molar-refractivity contribution < 1.29 is 14.4 Å². The molecule has 150 valence electrons. The number of ether oxygens (including phenoxy) is 1. The molecule has 7 heteroatoms. The van der Waals surface area contributed by atoms with Crippen LogP contribution in [0.1, 0.15) is 38.8 Å². The van der Waals surface area contributed by atoms with Crippen molar-refractivity contribution in [3.05, 3.63) is 48.2 Å². The van der Waals surface area contributed by atoms with E-state index in [0.717, 1.165) is 36.5 Å². The van der Waals surface area contributed by atoms with Crippen molar-refractivity contribution in [1.29, 1.82) is 0 Å². The first kappa shape index (κ1) is 19.9. The second-order valence-corrected chi connectivity index (χ2v) is 6.90. The highest BCUT2D eigenvalue weighted by Gasteiger charge is 2.22. The summed E-state index contributed by atoms with van der Waals surface area (Å²) in [6.07, 6.45) is 2.81. The quantitative estimate of drug-likeness (QED) is 0.754. The lowest BCUT2D eigenvalue weighted by atomic mass is 10.1. The number of hydrogen-bond donors (Lipinski definition) is 1. The maximum atomic E-state index is 11.2. The van der Waals surface area contributed by atoms with Crippen molar-refractivity contribution in [2.24, 2.45) is 0 Å². The number of carbonyl (C=O) groups excluding carboxylic acids is 1. The summed E-state index contributed by atoms with van der Waals surface area (Å²) in [5.41, 5.74) is 2.09. The molecule has 0 aliphatic carbocycles. The topological polar surface area (TPSA) is 66.9 Å². The van der Waals surface area contributed by atoms with Crippen LogP contribution < -0.4 is 19.8 Å². The molecule has 1 aliphatic heterocycles. The molecule has 1 aromatic carbocycles. The molecule has 7 nitrogen and oxygen atoms in total. The molecular formula is C21H28N4O3. The molecule has 1 N–H and O–H groups in total. The van der Waals surface area contributed by atoms with Gasteiger partial charge in [-0.15, -0.1) is 5.06 Å². The minimum absolute atomic E-state index is 0.0226. The minimum atomic E-state index is -0.0376. The molecule has 0 radical (unpaired) electrons. The molecule has 2 aromatic rings. The molecular weight excluding hydrogens is 356 g/mol. The van der Waals surface area contributed by atoms with E-state index >= 15 is 0 Å². The van der Waals surface area contributed by atoms with Crippen molar-refractivity contribution in [2.75, 3.05) is 31.3 Å². The Labute approximate surface area is 166 Å². The van der Waals surface area contributed by atoms with E-state index in [2.05, 4.69) is 22.1 Å². The van der Waals surface area contributed by atoms with Gasteiger partial charge in [0.15, 0.2) is 0 Å². The maximum Gasteiger partial charge on any atom is 0.217 e. The number of hydroxylamine groups is 2. The summed E-state index contributed by atoms with van der Waals surface area (Å²) in [7, 11) is 0. The molecule has 1 aromatic heterocycles. The van der Waals surface area contributed by atoms with E-state index in [-0.39, 0.29) is 11.9 Å². The molecule has 0 unspecified atom stereocenters. The third-order valence-electron chi connectivity index (χ3n) is 4.52. The minimum Gasteiger partial charge on any atom is -0.478 e. The number of nitrogens with one attached hydrogen (secondary N) is 1. The third-order valence-corrected chi connectivity index (χ3v) is 4.52. The van der Waals surface area contributed by atoms with E-state index in [9.17, 15) is 4.79 Å². The zero-order chi connectivity index (χ0) is 19.9. The first-order valence-electron chi connectivity index (χ1n) is 9.69. The fraction of sp³-hybridized carbons (Fsp3) is 0.429. The van der Waals surface area contributed by atoms with Crippen LogP contribution in [0.4, 0.5) is 5.69 Å². The molecule has 1 atom stereocenters. The molecule has 28 heavy (non-hydrogen) atoms. The van der Waals surface area contributed by atoms with Gasteiger partial charge in [-0.05, 0) is 37.1 Å². The van der Waals surface area contributed by atoms with Crippen LogP contribution in [0.5, 0.6) is 11.6 Å². The Hall–Kier alpha value is -2.80. The summed E-state index contributed by atoms with van der Waals surface area (Å²) >= 11 is 0. The number of anilines is 1. The van der Waals surface area contributed by atoms with Crippen LogP contribution >= 0.6 is 0 Å². The summed E-state index contributed by atoms with van der Waals surface area (Å²) in [4.78, 5) is 23.7. The van der Waals surface area contributed by atoms with Crippen LogP contribution in [0.2, 0.25) is 0 Å². The molecule has 0 bridgehead atoms. The SMILES string of the molecule is CCCOc1ccc(N2CCN(Oc3ccc([C@H](C)NC(C)=O)cc3)C2)cn1. The van der Waals surface area contributed by atoms with Crippen molar-refractivity contribution >= 4 is 11.6 Å². The van der Waals surface area contributed by atoms with Gasteiger partial charge in [0.2, 0.25) is 11.8 Å². The number of pyridine rings is 1.